The Kier molecular flexibility index (Phi) is 6.02. The molecule has 0 aliphatic heterocycles. The minimum atomic E-state index is -0.561. The summed E-state index contributed by atoms with van der Waals surface area (Å²) < 4.78 is 1.35. The van der Waals surface area contributed by atoms with E-state index in [1.165, 1.54) is 4.68 Å². The third kappa shape index (κ3) is 4.72. The maximum absolute atomic E-state index is 12.1. The van der Waals surface area contributed by atoms with E-state index in [2.05, 4.69) is 20.8 Å². The Morgan fingerprint density at radius 1 is 1.20 bits per heavy atom. The molecule has 3 amide bonds. The normalized spacial score (nSPS) is 12.0. The van der Waals surface area contributed by atoms with Crippen molar-refractivity contribution >= 4 is 23.7 Å². The van der Waals surface area contributed by atoms with Crippen LogP contribution in [0.15, 0.2) is 29.4 Å². The minimum absolute atomic E-state index is 0.0560. The van der Waals surface area contributed by atoms with Crippen molar-refractivity contribution in [3.05, 3.63) is 29.8 Å². The molecule has 0 saturated carbocycles. The summed E-state index contributed by atoms with van der Waals surface area (Å²) in [6, 6.07) is 7.11. The first-order valence-electron chi connectivity index (χ1n) is 7.84. The van der Waals surface area contributed by atoms with Crippen molar-refractivity contribution in [3.8, 4) is 11.4 Å². The van der Waals surface area contributed by atoms with E-state index in [1.807, 2.05) is 45.0 Å². The number of amides is 3. The van der Waals surface area contributed by atoms with E-state index >= 15 is 0 Å². The van der Waals surface area contributed by atoms with Crippen LogP contribution in [0.1, 0.15) is 26.3 Å². The quantitative estimate of drug-likeness (QED) is 0.551. The molecule has 1 aromatic heterocycles. The van der Waals surface area contributed by atoms with E-state index in [0.717, 1.165) is 22.9 Å². The van der Waals surface area contributed by atoms with Crippen LogP contribution in [0.25, 0.3) is 11.4 Å². The van der Waals surface area contributed by atoms with Gasteiger partial charge in [0.15, 0.2) is 5.82 Å². The van der Waals surface area contributed by atoms with Gasteiger partial charge in [0, 0.05) is 11.6 Å². The van der Waals surface area contributed by atoms with Crippen LogP contribution in [0.5, 0.6) is 0 Å². The summed E-state index contributed by atoms with van der Waals surface area (Å²) in [7, 11) is 0. The Bertz CT molecular complexity index is 774. The fourth-order valence-electron chi connectivity index (χ4n) is 2.09. The summed E-state index contributed by atoms with van der Waals surface area (Å²) in [4.78, 5) is 23.7. The summed E-state index contributed by atoms with van der Waals surface area (Å²) in [5.74, 6) is 6.17. The first-order valence-corrected chi connectivity index (χ1v) is 8.72. The number of nitrogens with two attached hydrogens (primary N) is 1. The Hall–Kier alpha value is -2.55. The summed E-state index contributed by atoms with van der Waals surface area (Å²) in [6.07, 6.45) is 0. The highest BCUT2D eigenvalue weighted by atomic mass is 32.2. The molecule has 1 atom stereocenters. The smallest absolute Gasteiger partial charge is 0.321 e. The lowest BCUT2D eigenvalue weighted by molar-refractivity contribution is -0.119. The van der Waals surface area contributed by atoms with E-state index < -0.39 is 17.2 Å². The van der Waals surface area contributed by atoms with Crippen LogP contribution in [0.2, 0.25) is 0 Å². The average molecular weight is 362 g/mol. The predicted octanol–water partition coefficient (Wildman–Crippen LogP) is 1.68. The largest absolute Gasteiger partial charge is 0.336 e. The maximum Gasteiger partial charge on any atom is 0.321 e. The molecule has 1 heterocycles. The first kappa shape index (κ1) is 18.8. The number of carbonyl (C=O) groups is 2. The zero-order valence-electron chi connectivity index (χ0n) is 14.6. The van der Waals surface area contributed by atoms with E-state index in [9.17, 15) is 9.59 Å². The van der Waals surface area contributed by atoms with Gasteiger partial charge in [0.1, 0.15) is 0 Å². The molecule has 0 aliphatic rings. The van der Waals surface area contributed by atoms with Crippen LogP contribution in [0.4, 0.5) is 4.79 Å². The van der Waals surface area contributed by atoms with Gasteiger partial charge in [-0.1, -0.05) is 36.0 Å². The van der Waals surface area contributed by atoms with Crippen molar-refractivity contribution < 1.29 is 9.59 Å². The molecular weight excluding hydrogens is 340 g/mol. The molecule has 4 N–H and O–H groups in total. The van der Waals surface area contributed by atoms with E-state index in [-0.39, 0.29) is 6.04 Å². The number of nitrogen functional groups attached to an aromatic ring is 1. The van der Waals surface area contributed by atoms with Gasteiger partial charge in [-0.05, 0) is 33.3 Å². The molecular formula is C16H22N6O2S. The van der Waals surface area contributed by atoms with Gasteiger partial charge in [-0.25, -0.2) is 9.47 Å². The third-order valence-corrected chi connectivity index (χ3v) is 4.42. The Labute approximate surface area is 150 Å². The molecule has 0 bridgehead atoms. The fourth-order valence-corrected chi connectivity index (χ4v) is 2.86. The number of thioether (sulfide) groups is 1. The number of carbonyl (C=O) groups excluding carboxylic acids is 2. The van der Waals surface area contributed by atoms with Crippen LogP contribution in [0, 0.1) is 6.92 Å². The van der Waals surface area contributed by atoms with Gasteiger partial charge in [0.2, 0.25) is 11.1 Å². The molecule has 1 aromatic carbocycles. The second kappa shape index (κ2) is 8.02. The Balaban J connectivity index is 2.07. The molecule has 2 rings (SSSR count). The van der Waals surface area contributed by atoms with Crippen LogP contribution in [-0.4, -0.2) is 38.1 Å². The summed E-state index contributed by atoms with van der Waals surface area (Å²) in [6.45, 7) is 7.25. The average Bonchev–Trinajstić information content (AvgIpc) is 2.88. The Morgan fingerprint density at radius 2 is 1.88 bits per heavy atom. The van der Waals surface area contributed by atoms with Gasteiger partial charge in [-0.3, -0.25) is 10.1 Å². The second-order valence-electron chi connectivity index (χ2n) is 5.87. The van der Waals surface area contributed by atoms with E-state index in [4.69, 9.17) is 5.84 Å². The number of nitrogens with one attached hydrogen (secondary N) is 2. The van der Waals surface area contributed by atoms with Gasteiger partial charge < -0.3 is 11.2 Å². The molecule has 8 nitrogen and oxygen atoms in total. The first-order chi connectivity index (χ1) is 11.8. The van der Waals surface area contributed by atoms with Crippen molar-refractivity contribution in [2.45, 2.75) is 44.1 Å². The molecule has 0 fully saturated rings. The summed E-state index contributed by atoms with van der Waals surface area (Å²) >= 11 is 1.13. The third-order valence-electron chi connectivity index (χ3n) is 3.36. The lowest BCUT2D eigenvalue weighted by atomic mass is 10.1. The number of benzene rings is 1. The zero-order valence-corrected chi connectivity index (χ0v) is 15.4. The van der Waals surface area contributed by atoms with Crippen molar-refractivity contribution in [3.63, 3.8) is 0 Å². The van der Waals surface area contributed by atoms with Crippen molar-refractivity contribution in [1.29, 1.82) is 0 Å². The van der Waals surface area contributed by atoms with Gasteiger partial charge in [-0.2, -0.15) is 0 Å². The fraction of sp³-hybridized carbons (Fsp3) is 0.375. The van der Waals surface area contributed by atoms with Crippen LogP contribution in [-0.2, 0) is 4.79 Å². The monoisotopic (exact) mass is 362 g/mol. The number of nitrogens with zero attached hydrogens (tertiary/aromatic N) is 3. The number of imide groups is 1. The molecule has 2 aromatic rings. The summed E-state index contributed by atoms with van der Waals surface area (Å²) in [5, 5.41) is 12.9. The minimum Gasteiger partial charge on any atom is -0.336 e. The van der Waals surface area contributed by atoms with Crippen LogP contribution >= 0.6 is 11.8 Å². The van der Waals surface area contributed by atoms with Crippen molar-refractivity contribution in [2.24, 2.45) is 0 Å². The van der Waals surface area contributed by atoms with Crippen molar-refractivity contribution in [1.82, 2.24) is 25.5 Å². The topological polar surface area (TPSA) is 115 Å². The van der Waals surface area contributed by atoms with E-state index in [0.29, 0.717) is 11.0 Å². The lowest BCUT2D eigenvalue weighted by Gasteiger charge is -2.13. The van der Waals surface area contributed by atoms with Gasteiger partial charge in [0.25, 0.3) is 0 Å². The highest BCUT2D eigenvalue weighted by molar-refractivity contribution is 8.00. The molecule has 0 spiro atoms. The number of aryl methyl sites for hydroxylation is 1. The van der Waals surface area contributed by atoms with Gasteiger partial charge in [-0.15, -0.1) is 10.2 Å². The van der Waals surface area contributed by atoms with E-state index in [1.54, 1.807) is 6.92 Å². The van der Waals surface area contributed by atoms with Crippen LogP contribution < -0.4 is 16.5 Å². The molecule has 9 heteroatoms. The summed E-state index contributed by atoms with van der Waals surface area (Å²) in [5.41, 5.74) is 1.90. The number of aromatic nitrogens is 3. The zero-order chi connectivity index (χ0) is 18.6. The molecule has 0 radical (unpaired) electrons. The molecule has 0 saturated heterocycles. The van der Waals surface area contributed by atoms with Gasteiger partial charge in [0.05, 0.1) is 5.25 Å². The van der Waals surface area contributed by atoms with Crippen molar-refractivity contribution in [2.75, 3.05) is 5.84 Å². The Morgan fingerprint density at radius 3 is 2.52 bits per heavy atom. The number of rotatable bonds is 5. The standard InChI is InChI=1S/C16H22N6O2S/c1-9(2)18-15(24)19-14(23)11(4)25-16-21-20-13(22(16)17)12-8-6-5-7-10(12)3/h5-9,11H,17H2,1-4H3,(H2,18,19,23,24)/t11-/m1/s1. The highest BCUT2D eigenvalue weighted by Gasteiger charge is 2.21. The number of hydrogen-bond donors (Lipinski definition) is 3. The highest BCUT2D eigenvalue weighted by Crippen LogP contribution is 2.26. The number of urea groups is 1. The maximum atomic E-state index is 12.1. The predicted molar refractivity (Wildman–Crippen MR) is 97.5 cm³/mol. The lowest BCUT2D eigenvalue weighted by Crippen LogP contribution is -2.45. The van der Waals surface area contributed by atoms with Crippen LogP contribution in [0.3, 0.4) is 0 Å². The molecule has 0 unspecified atom stereocenters. The molecule has 134 valence electrons. The second-order valence-corrected chi connectivity index (χ2v) is 7.18. The SMILES string of the molecule is Cc1ccccc1-c1nnc(S[C@H](C)C(=O)NC(=O)NC(C)C)n1N. The van der Waals surface area contributed by atoms with Gasteiger partial charge >= 0.3 is 6.03 Å². The molecule has 0 aliphatic carbocycles. The molecule has 25 heavy (non-hydrogen) atoms. The number of hydrogen-bond acceptors (Lipinski definition) is 6.